The second kappa shape index (κ2) is 9.94. The van der Waals surface area contributed by atoms with Gasteiger partial charge in [0.25, 0.3) is 0 Å². The van der Waals surface area contributed by atoms with Crippen LogP contribution < -0.4 is 0 Å². The minimum absolute atomic E-state index is 0.722. The molecule has 0 aromatic heterocycles. The van der Waals surface area contributed by atoms with Crippen molar-refractivity contribution in [2.45, 2.75) is 67.2 Å². The van der Waals surface area contributed by atoms with Crippen molar-refractivity contribution < 1.29 is 4.74 Å². The Balaban J connectivity index is 3.74. The number of ether oxygens (including phenoxy) is 1. The molecule has 0 aliphatic rings. The summed E-state index contributed by atoms with van der Waals surface area (Å²) in [6.07, 6.45) is 5.13. The summed E-state index contributed by atoms with van der Waals surface area (Å²) < 4.78 is 5.88. The topological polar surface area (TPSA) is 9.23 Å². The van der Waals surface area contributed by atoms with Gasteiger partial charge >= 0.3 is 0 Å². The lowest BCUT2D eigenvalue weighted by molar-refractivity contribution is 0.0629. The van der Waals surface area contributed by atoms with Crippen LogP contribution in [0.2, 0.25) is 0 Å². The van der Waals surface area contributed by atoms with E-state index in [1.165, 1.54) is 25.7 Å². The highest BCUT2D eigenvalue weighted by Gasteiger charge is 2.14. The molecule has 0 rings (SSSR count). The van der Waals surface area contributed by atoms with Gasteiger partial charge < -0.3 is 4.74 Å². The smallest absolute Gasteiger partial charge is 0.0494 e. The molecule has 0 aromatic carbocycles. The van der Waals surface area contributed by atoms with E-state index < -0.39 is 0 Å². The monoisotopic (exact) mass is 242 g/mol. The lowest BCUT2D eigenvalue weighted by Gasteiger charge is -2.23. The van der Waals surface area contributed by atoms with Crippen molar-refractivity contribution in [2.24, 2.45) is 23.7 Å². The second-order valence-corrected chi connectivity index (χ2v) is 6.16. The van der Waals surface area contributed by atoms with Crippen LogP contribution in [0.25, 0.3) is 0 Å². The van der Waals surface area contributed by atoms with Crippen molar-refractivity contribution in [1.82, 2.24) is 0 Å². The van der Waals surface area contributed by atoms with E-state index in [-0.39, 0.29) is 0 Å². The van der Waals surface area contributed by atoms with Crippen LogP contribution in [0, 0.1) is 23.7 Å². The van der Waals surface area contributed by atoms with Crippen LogP contribution in [0.15, 0.2) is 0 Å². The summed E-state index contributed by atoms with van der Waals surface area (Å²) in [5.74, 6) is 3.08. The maximum atomic E-state index is 5.88. The van der Waals surface area contributed by atoms with E-state index >= 15 is 0 Å². The van der Waals surface area contributed by atoms with E-state index in [1.807, 2.05) is 0 Å². The molecular weight excluding hydrogens is 208 g/mol. The minimum Gasteiger partial charge on any atom is -0.381 e. The summed E-state index contributed by atoms with van der Waals surface area (Å²) in [4.78, 5) is 0. The van der Waals surface area contributed by atoms with Gasteiger partial charge in [0, 0.05) is 13.2 Å². The van der Waals surface area contributed by atoms with Gasteiger partial charge in [-0.1, -0.05) is 54.4 Å². The van der Waals surface area contributed by atoms with E-state index in [2.05, 4.69) is 41.5 Å². The Labute approximate surface area is 109 Å². The fourth-order valence-corrected chi connectivity index (χ4v) is 2.16. The molecule has 3 atom stereocenters. The van der Waals surface area contributed by atoms with Crippen molar-refractivity contribution in [3.8, 4) is 0 Å². The molecular formula is C16H34O. The summed E-state index contributed by atoms with van der Waals surface area (Å²) >= 11 is 0. The summed E-state index contributed by atoms with van der Waals surface area (Å²) in [7, 11) is 0. The quantitative estimate of drug-likeness (QED) is 0.515. The third kappa shape index (κ3) is 8.65. The number of hydrogen-bond donors (Lipinski definition) is 0. The first-order valence-electron chi connectivity index (χ1n) is 7.58. The summed E-state index contributed by atoms with van der Waals surface area (Å²) in [6.45, 7) is 15.7. The average molecular weight is 242 g/mol. The first-order chi connectivity index (χ1) is 8.01. The average Bonchev–Trinajstić information content (AvgIpc) is 2.27. The zero-order valence-electron chi connectivity index (χ0n) is 13.0. The van der Waals surface area contributed by atoms with Gasteiger partial charge in [0.1, 0.15) is 0 Å². The van der Waals surface area contributed by atoms with Crippen molar-refractivity contribution in [3.05, 3.63) is 0 Å². The molecule has 0 radical (unpaired) electrons. The molecule has 1 heteroatoms. The van der Waals surface area contributed by atoms with Gasteiger partial charge in [-0.3, -0.25) is 0 Å². The van der Waals surface area contributed by atoms with E-state index in [9.17, 15) is 0 Å². The van der Waals surface area contributed by atoms with E-state index in [0.29, 0.717) is 0 Å². The van der Waals surface area contributed by atoms with Crippen molar-refractivity contribution in [3.63, 3.8) is 0 Å². The van der Waals surface area contributed by atoms with Crippen LogP contribution >= 0.6 is 0 Å². The van der Waals surface area contributed by atoms with Crippen molar-refractivity contribution >= 4 is 0 Å². The molecule has 0 spiro atoms. The first kappa shape index (κ1) is 17.0. The lowest BCUT2D eigenvalue weighted by atomic mass is 9.87. The maximum Gasteiger partial charge on any atom is 0.0494 e. The Morgan fingerprint density at radius 3 is 2.06 bits per heavy atom. The number of rotatable bonds is 10. The van der Waals surface area contributed by atoms with Gasteiger partial charge in [-0.25, -0.2) is 0 Å². The van der Waals surface area contributed by atoms with E-state index in [0.717, 1.165) is 36.9 Å². The highest BCUT2D eigenvalue weighted by molar-refractivity contribution is 4.65. The van der Waals surface area contributed by atoms with Gasteiger partial charge in [-0.15, -0.1) is 0 Å². The molecule has 0 bridgehead atoms. The molecule has 0 amide bonds. The van der Waals surface area contributed by atoms with Crippen LogP contribution in [0.3, 0.4) is 0 Å². The first-order valence-corrected chi connectivity index (χ1v) is 7.58. The molecule has 0 aliphatic carbocycles. The third-order valence-electron chi connectivity index (χ3n) is 3.96. The molecule has 0 aliphatic heterocycles. The molecule has 0 heterocycles. The summed E-state index contributed by atoms with van der Waals surface area (Å²) in [6, 6.07) is 0. The molecule has 104 valence electrons. The lowest BCUT2D eigenvalue weighted by Crippen LogP contribution is -2.17. The second-order valence-electron chi connectivity index (χ2n) is 6.16. The zero-order valence-corrected chi connectivity index (χ0v) is 13.0. The Morgan fingerprint density at radius 1 is 0.941 bits per heavy atom. The zero-order chi connectivity index (χ0) is 13.3. The fourth-order valence-electron chi connectivity index (χ4n) is 2.16. The Kier molecular flexibility index (Phi) is 9.91. The maximum absolute atomic E-state index is 5.88. The molecule has 0 fully saturated rings. The fraction of sp³-hybridized carbons (Fsp3) is 1.00. The van der Waals surface area contributed by atoms with Crippen molar-refractivity contribution in [2.75, 3.05) is 13.2 Å². The molecule has 17 heavy (non-hydrogen) atoms. The van der Waals surface area contributed by atoms with Crippen LogP contribution in [0.4, 0.5) is 0 Å². The number of hydrogen-bond acceptors (Lipinski definition) is 1. The van der Waals surface area contributed by atoms with Crippen LogP contribution in [-0.2, 0) is 4.74 Å². The highest BCUT2D eigenvalue weighted by Crippen LogP contribution is 2.22. The molecule has 0 saturated carbocycles. The van der Waals surface area contributed by atoms with Gasteiger partial charge in [-0.2, -0.15) is 0 Å². The van der Waals surface area contributed by atoms with Gasteiger partial charge in [0.15, 0.2) is 0 Å². The predicted octanol–water partition coefficient (Wildman–Crippen LogP) is 5.15. The Hall–Kier alpha value is -0.0400. The van der Waals surface area contributed by atoms with Gasteiger partial charge in [0.05, 0.1) is 0 Å². The van der Waals surface area contributed by atoms with E-state index in [1.54, 1.807) is 0 Å². The van der Waals surface area contributed by atoms with Crippen LogP contribution in [0.5, 0.6) is 0 Å². The minimum atomic E-state index is 0.722. The van der Waals surface area contributed by atoms with Crippen LogP contribution in [-0.4, -0.2) is 13.2 Å². The molecule has 0 aromatic rings. The van der Waals surface area contributed by atoms with Gasteiger partial charge in [0.2, 0.25) is 0 Å². The standard InChI is InChI=1S/C16H34O/c1-7-9-14(5)11-17-12-16(8-2)10-15(6)13(3)4/h13-16H,7-12H2,1-6H3. The predicted molar refractivity (Wildman–Crippen MR) is 77.3 cm³/mol. The molecule has 0 saturated heterocycles. The molecule has 3 unspecified atom stereocenters. The summed E-state index contributed by atoms with van der Waals surface area (Å²) in [5, 5.41) is 0. The highest BCUT2D eigenvalue weighted by atomic mass is 16.5. The Morgan fingerprint density at radius 2 is 1.59 bits per heavy atom. The van der Waals surface area contributed by atoms with Crippen LogP contribution in [0.1, 0.15) is 67.2 Å². The van der Waals surface area contributed by atoms with Crippen molar-refractivity contribution in [1.29, 1.82) is 0 Å². The third-order valence-corrected chi connectivity index (χ3v) is 3.96. The normalized spacial score (nSPS) is 17.1. The van der Waals surface area contributed by atoms with Gasteiger partial charge in [-0.05, 0) is 36.5 Å². The Bertz CT molecular complexity index is 165. The van der Waals surface area contributed by atoms with E-state index in [4.69, 9.17) is 4.74 Å². The summed E-state index contributed by atoms with van der Waals surface area (Å²) in [5.41, 5.74) is 0. The molecule has 0 N–H and O–H groups in total. The molecule has 1 nitrogen and oxygen atoms in total. The largest absolute Gasteiger partial charge is 0.381 e. The SMILES string of the molecule is CCCC(C)COCC(CC)CC(C)C(C)C.